The molecule has 1 aliphatic rings. The first kappa shape index (κ1) is 16.0. The summed E-state index contributed by atoms with van der Waals surface area (Å²) in [5.74, 6) is 0.943. The highest BCUT2D eigenvalue weighted by Crippen LogP contribution is 2.36. The van der Waals surface area contributed by atoms with Crippen molar-refractivity contribution in [3.05, 3.63) is 63.7 Å². The van der Waals surface area contributed by atoms with Crippen molar-refractivity contribution in [2.45, 2.75) is 0 Å². The van der Waals surface area contributed by atoms with E-state index >= 15 is 0 Å². The Morgan fingerprint density at radius 1 is 1.15 bits per heavy atom. The number of ether oxygens (including phenoxy) is 2. The molecular formula is C17H11N3O5S. The number of anilines is 1. The van der Waals surface area contributed by atoms with Gasteiger partial charge < -0.3 is 14.8 Å². The maximum Gasteiger partial charge on any atom is 0.275 e. The molecule has 130 valence electrons. The van der Waals surface area contributed by atoms with Crippen molar-refractivity contribution in [2.75, 3.05) is 12.1 Å². The number of rotatable bonds is 4. The van der Waals surface area contributed by atoms with Gasteiger partial charge in [-0.2, -0.15) is 0 Å². The van der Waals surface area contributed by atoms with Crippen molar-refractivity contribution in [3.63, 3.8) is 0 Å². The van der Waals surface area contributed by atoms with Crippen LogP contribution in [0.25, 0.3) is 10.6 Å². The Balaban J connectivity index is 1.50. The Kier molecular flexibility index (Phi) is 3.98. The first-order valence-electron chi connectivity index (χ1n) is 7.51. The Morgan fingerprint density at radius 3 is 2.69 bits per heavy atom. The van der Waals surface area contributed by atoms with Crippen molar-refractivity contribution >= 4 is 28.6 Å². The maximum atomic E-state index is 12.3. The van der Waals surface area contributed by atoms with E-state index in [-0.39, 0.29) is 24.1 Å². The lowest BCUT2D eigenvalue weighted by Gasteiger charge is -2.02. The van der Waals surface area contributed by atoms with Crippen molar-refractivity contribution < 1.29 is 19.2 Å². The molecule has 0 aliphatic carbocycles. The largest absolute Gasteiger partial charge is 0.454 e. The summed E-state index contributed by atoms with van der Waals surface area (Å²) in [5.41, 5.74) is 1.51. The number of fused-ring (bicyclic) bond motifs is 1. The van der Waals surface area contributed by atoms with E-state index in [9.17, 15) is 14.9 Å². The summed E-state index contributed by atoms with van der Waals surface area (Å²) in [4.78, 5) is 26.8. The normalized spacial score (nSPS) is 12.0. The zero-order valence-corrected chi connectivity index (χ0v) is 14.0. The molecule has 0 saturated carbocycles. The predicted molar refractivity (Wildman–Crippen MR) is 94.7 cm³/mol. The van der Waals surface area contributed by atoms with Crippen LogP contribution in [0.3, 0.4) is 0 Å². The van der Waals surface area contributed by atoms with Gasteiger partial charge in [-0.15, -0.1) is 11.3 Å². The molecule has 2 heterocycles. The van der Waals surface area contributed by atoms with E-state index in [1.807, 2.05) is 12.1 Å². The standard InChI is InChI=1S/C17H11N3O5S/c21-16(18-11-2-4-12(5-3-11)20(22)23)13-8-26-17(19-13)10-1-6-14-15(7-10)25-9-24-14/h1-8H,9H2,(H,18,21). The molecule has 9 heteroatoms. The number of hydrogen-bond donors (Lipinski definition) is 1. The number of nitro benzene ring substituents is 1. The molecule has 0 unspecified atom stereocenters. The smallest absolute Gasteiger partial charge is 0.275 e. The van der Waals surface area contributed by atoms with Crippen LogP contribution >= 0.6 is 11.3 Å². The topological polar surface area (TPSA) is 104 Å². The molecular weight excluding hydrogens is 358 g/mol. The number of aromatic nitrogens is 1. The highest BCUT2D eigenvalue weighted by molar-refractivity contribution is 7.13. The predicted octanol–water partition coefficient (Wildman–Crippen LogP) is 3.70. The van der Waals surface area contributed by atoms with E-state index in [1.54, 1.807) is 11.4 Å². The summed E-state index contributed by atoms with van der Waals surface area (Å²) < 4.78 is 10.6. The molecule has 2 aromatic carbocycles. The van der Waals surface area contributed by atoms with Crippen molar-refractivity contribution in [1.82, 2.24) is 4.98 Å². The van der Waals surface area contributed by atoms with E-state index < -0.39 is 4.92 Å². The zero-order chi connectivity index (χ0) is 18.1. The van der Waals surface area contributed by atoms with E-state index in [0.29, 0.717) is 22.2 Å². The van der Waals surface area contributed by atoms with Crippen LogP contribution in [0.1, 0.15) is 10.5 Å². The lowest BCUT2D eigenvalue weighted by Crippen LogP contribution is -2.12. The molecule has 0 bridgehead atoms. The SMILES string of the molecule is O=C(Nc1ccc([N+](=O)[O-])cc1)c1csc(-c2ccc3c(c2)OCO3)n1. The summed E-state index contributed by atoms with van der Waals surface area (Å²) in [6.45, 7) is 0.194. The van der Waals surface area contributed by atoms with E-state index in [1.165, 1.54) is 35.6 Å². The minimum absolute atomic E-state index is 0.0400. The molecule has 0 atom stereocenters. The van der Waals surface area contributed by atoms with Crippen LogP contribution in [0, 0.1) is 10.1 Å². The van der Waals surface area contributed by atoms with Gasteiger partial charge in [0.1, 0.15) is 10.7 Å². The van der Waals surface area contributed by atoms with Gasteiger partial charge in [-0.3, -0.25) is 14.9 Å². The van der Waals surface area contributed by atoms with Crippen LogP contribution in [0.2, 0.25) is 0 Å². The number of thiazole rings is 1. The summed E-state index contributed by atoms with van der Waals surface area (Å²) in [7, 11) is 0. The Bertz CT molecular complexity index is 1000. The van der Waals surface area contributed by atoms with Crippen molar-refractivity contribution in [3.8, 4) is 22.1 Å². The number of hydrogen-bond acceptors (Lipinski definition) is 7. The number of benzene rings is 2. The van der Waals surface area contributed by atoms with E-state index in [4.69, 9.17) is 9.47 Å². The molecule has 8 nitrogen and oxygen atoms in total. The molecule has 0 spiro atoms. The molecule has 26 heavy (non-hydrogen) atoms. The number of carbonyl (C=O) groups is 1. The minimum atomic E-state index is -0.496. The lowest BCUT2D eigenvalue weighted by molar-refractivity contribution is -0.384. The van der Waals surface area contributed by atoms with Gasteiger partial charge in [0.25, 0.3) is 11.6 Å². The van der Waals surface area contributed by atoms with Gasteiger partial charge in [0.15, 0.2) is 11.5 Å². The molecule has 0 fully saturated rings. The van der Waals surface area contributed by atoms with E-state index in [2.05, 4.69) is 10.3 Å². The summed E-state index contributed by atoms with van der Waals surface area (Å²) in [6.07, 6.45) is 0. The Morgan fingerprint density at radius 2 is 1.92 bits per heavy atom. The van der Waals surface area contributed by atoms with Gasteiger partial charge in [0, 0.05) is 28.8 Å². The van der Waals surface area contributed by atoms with Crippen LogP contribution in [-0.2, 0) is 0 Å². The van der Waals surface area contributed by atoms with Crippen LogP contribution in [0.4, 0.5) is 11.4 Å². The van der Waals surface area contributed by atoms with Gasteiger partial charge in [0.05, 0.1) is 4.92 Å². The van der Waals surface area contributed by atoms with Crippen molar-refractivity contribution in [2.24, 2.45) is 0 Å². The third-order valence-corrected chi connectivity index (χ3v) is 4.58. The Hall–Kier alpha value is -3.46. The minimum Gasteiger partial charge on any atom is -0.454 e. The lowest BCUT2D eigenvalue weighted by atomic mass is 10.2. The van der Waals surface area contributed by atoms with E-state index in [0.717, 1.165) is 5.56 Å². The average Bonchev–Trinajstić information content (AvgIpc) is 3.31. The van der Waals surface area contributed by atoms with Crippen LogP contribution in [0.5, 0.6) is 11.5 Å². The molecule has 1 aliphatic heterocycles. The van der Waals surface area contributed by atoms with Gasteiger partial charge in [0.2, 0.25) is 6.79 Å². The van der Waals surface area contributed by atoms with Gasteiger partial charge in [-0.25, -0.2) is 4.98 Å². The summed E-state index contributed by atoms with van der Waals surface area (Å²) >= 11 is 1.34. The monoisotopic (exact) mass is 369 g/mol. The summed E-state index contributed by atoms with van der Waals surface area (Å²) in [6, 6.07) is 11.1. The van der Waals surface area contributed by atoms with Gasteiger partial charge in [-0.05, 0) is 30.3 Å². The molecule has 1 amide bonds. The van der Waals surface area contributed by atoms with Crippen LogP contribution in [-0.4, -0.2) is 22.6 Å². The number of carbonyl (C=O) groups excluding carboxylic acids is 1. The second-order valence-corrected chi connectivity index (χ2v) is 6.22. The van der Waals surface area contributed by atoms with Gasteiger partial charge >= 0.3 is 0 Å². The molecule has 0 radical (unpaired) electrons. The highest BCUT2D eigenvalue weighted by atomic mass is 32.1. The number of nitrogens with zero attached hydrogens (tertiary/aromatic N) is 2. The number of nitrogens with one attached hydrogen (secondary N) is 1. The third-order valence-electron chi connectivity index (χ3n) is 3.69. The second-order valence-electron chi connectivity index (χ2n) is 5.36. The maximum absolute atomic E-state index is 12.3. The zero-order valence-electron chi connectivity index (χ0n) is 13.2. The third kappa shape index (κ3) is 3.07. The first-order valence-corrected chi connectivity index (χ1v) is 8.39. The average molecular weight is 369 g/mol. The molecule has 1 N–H and O–H groups in total. The summed E-state index contributed by atoms with van der Waals surface area (Å²) in [5, 5.41) is 15.7. The Labute approximate surface area is 151 Å². The quantitative estimate of drug-likeness (QED) is 0.555. The molecule has 4 rings (SSSR count). The number of non-ortho nitro benzene ring substituents is 1. The number of nitro groups is 1. The highest BCUT2D eigenvalue weighted by Gasteiger charge is 2.17. The fourth-order valence-corrected chi connectivity index (χ4v) is 3.20. The second kappa shape index (κ2) is 6.45. The van der Waals surface area contributed by atoms with Gasteiger partial charge in [-0.1, -0.05) is 0 Å². The number of amides is 1. The molecule has 3 aromatic rings. The first-order chi connectivity index (χ1) is 12.6. The van der Waals surface area contributed by atoms with Crippen LogP contribution in [0.15, 0.2) is 47.8 Å². The van der Waals surface area contributed by atoms with Crippen molar-refractivity contribution in [1.29, 1.82) is 0 Å². The van der Waals surface area contributed by atoms with Crippen LogP contribution < -0.4 is 14.8 Å². The fourth-order valence-electron chi connectivity index (χ4n) is 2.40. The molecule has 0 saturated heterocycles. The fraction of sp³-hybridized carbons (Fsp3) is 0.0588. The molecule has 1 aromatic heterocycles.